The van der Waals surface area contributed by atoms with Gasteiger partial charge in [0.05, 0.1) is 18.5 Å². The Labute approximate surface area is 105 Å². The number of rotatable bonds is 7. The van der Waals surface area contributed by atoms with E-state index >= 15 is 0 Å². The van der Waals surface area contributed by atoms with Crippen LogP contribution in [0.2, 0.25) is 0 Å². The van der Waals surface area contributed by atoms with Crippen LogP contribution in [0.5, 0.6) is 0 Å². The van der Waals surface area contributed by atoms with Crippen LogP contribution in [0.25, 0.3) is 0 Å². The van der Waals surface area contributed by atoms with E-state index in [1.165, 1.54) is 0 Å². The molecule has 0 aliphatic rings. The van der Waals surface area contributed by atoms with Gasteiger partial charge in [-0.05, 0) is 18.3 Å². The maximum Gasteiger partial charge on any atom is 0.239 e. The summed E-state index contributed by atoms with van der Waals surface area (Å²) in [5.41, 5.74) is 5.89. The van der Waals surface area contributed by atoms with Crippen molar-refractivity contribution in [2.75, 3.05) is 13.1 Å². The smallest absolute Gasteiger partial charge is 0.239 e. The first-order valence-electron chi connectivity index (χ1n) is 6.29. The summed E-state index contributed by atoms with van der Waals surface area (Å²) in [4.78, 5) is 13.8. The van der Waals surface area contributed by atoms with Crippen molar-refractivity contribution < 1.29 is 4.79 Å². The van der Waals surface area contributed by atoms with Gasteiger partial charge in [0.15, 0.2) is 0 Å². The average molecular weight is 239 g/mol. The third kappa shape index (κ3) is 6.96. The summed E-state index contributed by atoms with van der Waals surface area (Å²) in [7, 11) is 0. The second kappa shape index (κ2) is 8.08. The second-order valence-electron chi connectivity index (χ2n) is 5.32. The van der Waals surface area contributed by atoms with Crippen molar-refractivity contribution in [2.24, 2.45) is 17.6 Å². The lowest BCUT2D eigenvalue weighted by Gasteiger charge is -2.27. The fourth-order valence-corrected chi connectivity index (χ4v) is 1.76. The number of carbonyl (C=O) groups is 1. The molecule has 0 radical (unpaired) electrons. The summed E-state index contributed by atoms with van der Waals surface area (Å²) in [6.45, 7) is 9.37. The molecule has 0 unspecified atom stereocenters. The maximum absolute atomic E-state index is 12.1. The lowest BCUT2D eigenvalue weighted by molar-refractivity contribution is -0.133. The average Bonchev–Trinajstić information content (AvgIpc) is 2.21. The van der Waals surface area contributed by atoms with E-state index in [4.69, 9.17) is 11.0 Å². The summed E-state index contributed by atoms with van der Waals surface area (Å²) < 4.78 is 0. The summed E-state index contributed by atoms with van der Waals surface area (Å²) in [6, 6.07) is 1.63. The first kappa shape index (κ1) is 15.9. The second-order valence-corrected chi connectivity index (χ2v) is 5.32. The number of nitrogens with two attached hydrogens (primary N) is 1. The molecule has 0 bridgehead atoms. The Hall–Kier alpha value is -1.08. The molecular formula is C13H25N3O. The third-order valence-corrected chi connectivity index (χ3v) is 2.43. The summed E-state index contributed by atoms with van der Waals surface area (Å²) in [5, 5.41) is 8.60. The Morgan fingerprint density at radius 2 is 1.88 bits per heavy atom. The van der Waals surface area contributed by atoms with Gasteiger partial charge in [-0.2, -0.15) is 5.26 Å². The standard InChI is InChI=1S/C13H25N3O/c1-10(2)8-12(15)13(17)16(7-5-6-14)9-11(3)4/h10-12H,5,7-9,15H2,1-4H3/t12-/m1/s1. The zero-order valence-corrected chi connectivity index (χ0v) is 11.4. The van der Waals surface area contributed by atoms with Crippen LogP contribution in [-0.2, 0) is 4.79 Å². The van der Waals surface area contributed by atoms with Crippen molar-refractivity contribution in [1.82, 2.24) is 4.90 Å². The number of amides is 1. The van der Waals surface area contributed by atoms with E-state index in [9.17, 15) is 4.79 Å². The van der Waals surface area contributed by atoms with Crippen LogP contribution >= 0.6 is 0 Å². The van der Waals surface area contributed by atoms with Gasteiger partial charge in [-0.1, -0.05) is 27.7 Å². The zero-order chi connectivity index (χ0) is 13.4. The molecule has 2 N–H and O–H groups in total. The number of nitriles is 1. The van der Waals surface area contributed by atoms with Crippen molar-refractivity contribution in [3.63, 3.8) is 0 Å². The highest BCUT2D eigenvalue weighted by molar-refractivity contribution is 5.81. The molecule has 0 saturated carbocycles. The molecule has 1 amide bonds. The van der Waals surface area contributed by atoms with Gasteiger partial charge in [-0.15, -0.1) is 0 Å². The van der Waals surface area contributed by atoms with E-state index in [1.807, 2.05) is 0 Å². The molecule has 98 valence electrons. The number of nitrogens with zero attached hydrogens (tertiary/aromatic N) is 2. The van der Waals surface area contributed by atoms with Crippen LogP contribution in [0.3, 0.4) is 0 Å². The summed E-state index contributed by atoms with van der Waals surface area (Å²) >= 11 is 0. The van der Waals surface area contributed by atoms with E-state index in [1.54, 1.807) is 4.90 Å². The molecule has 0 aliphatic heterocycles. The first-order valence-corrected chi connectivity index (χ1v) is 6.29. The predicted molar refractivity (Wildman–Crippen MR) is 69.1 cm³/mol. The molecule has 1 atom stereocenters. The fourth-order valence-electron chi connectivity index (χ4n) is 1.76. The minimum absolute atomic E-state index is 0.0253. The molecule has 0 heterocycles. The zero-order valence-electron chi connectivity index (χ0n) is 11.4. The highest BCUT2D eigenvalue weighted by Crippen LogP contribution is 2.08. The Morgan fingerprint density at radius 1 is 1.29 bits per heavy atom. The third-order valence-electron chi connectivity index (χ3n) is 2.43. The topological polar surface area (TPSA) is 70.1 Å². The normalized spacial score (nSPS) is 12.6. The number of carbonyl (C=O) groups excluding carboxylic acids is 1. The Balaban J connectivity index is 4.45. The molecule has 0 saturated heterocycles. The van der Waals surface area contributed by atoms with Gasteiger partial charge >= 0.3 is 0 Å². The van der Waals surface area contributed by atoms with E-state index < -0.39 is 6.04 Å². The van der Waals surface area contributed by atoms with Crippen molar-refractivity contribution in [2.45, 2.75) is 46.6 Å². The van der Waals surface area contributed by atoms with Gasteiger partial charge in [0.1, 0.15) is 0 Å². The van der Waals surface area contributed by atoms with E-state index in [2.05, 4.69) is 33.8 Å². The minimum atomic E-state index is -0.438. The molecule has 4 heteroatoms. The lowest BCUT2D eigenvalue weighted by Crippen LogP contribution is -2.46. The van der Waals surface area contributed by atoms with E-state index in [0.717, 1.165) is 0 Å². The Morgan fingerprint density at radius 3 is 2.29 bits per heavy atom. The monoisotopic (exact) mass is 239 g/mol. The number of hydrogen-bond donors (Lipinski definition) is 1. The van der Waals surface area contributed by atoms with Crippen molar-refractivity contribution in [3.05, 3.63) is 0 Å². The van der Waals surface area contributed by atoms with Crippen molar-refractivity contribution in [1.29, 1.82) is 5.26 Å². The molecule has 0 rings (SSSR count). The molecule has 0 fully saturated rings. The maximum atomic E-state index is 12.1. The molecule has 0 aromatic carbocycles. The number of hydrogen-bond acceptors (Lipinski definition) is 3. The minimum Gasteiger partial charge on any atom is -0.340 e. The summed E-state index contributed by atoms with van der Waals surface area (Å²) in [5.74, 6) is 0.775. The van der Waals surface area contributed by atoms with Crippen molar-refractivity contribution in [3.8, 4) is 6.07 Å². The van der Waals surface area contributed by atoms with Crippen LogP contribution in [-0.4, -0.2) is 29.9 Å². The molecule has 4 nitrogen and oxygen atoms in total. The van der Waals surface area contributed by atoms with Crippen LogP contribution in [0, 0.1) is 23.2 Å². The van der Waals surface area contributed by atoms with Gasteiger partial charge in [-0.25, -0.2) is 0 Å². The first-order chi connectivity index (χ1) is 7.88. The van der Waals surface area contributed by atoms with Crippen LogP contribution in [0.1, 0.15) is 40.5 Å². The van der Waals surface area contributed by atoms with E-state index in [0.29, 0.717) is 37.8 Å². The molecule has 0 aliphatic carbocycles. The fraction of sp³-hybridized carbons (Fsp3) is 0.846. The summed E-state index contributed by atoms with van der Waals surface area (Å²) in [6.07, 6.45) is 1.06. The molecular weight excluding hydrogens is 214 g/mol. The quantitative estimate of drug-likeness (QED) is 0.736. The van der Waals surface area contributed by atoms with Gasteiger partial charge in [0.2, 0.25) is 5.91 Å². The largest absolute Gasteiger partial charge is 0.340 e. The van der Waals surface area contributed by atoms with Crippen molar-refractivity contribution >= 4 is 5.91 Å². The SMILES string of the molecule is CC(C)C[C@@H](N)C(=O)N(CCC#N)CC(C)C. The molecule has 0 spiro atoms. The van der Waals surface area contributed by atoms with Gasteiger partial charge in [0, 0.05) is 13.1 Å². The molecule has 0 aromatic heterocycles. The van der Waals surface area contributed by atoms with E-state index in [-0.39, 0.29) is 5.91 Å². The lowest BCUT2D eigenvalue weighted by atomic mass is 10.0. The van der Waals surface area contributed by atoms with Gasteiger partial charge < -0.3 is 10.6 Å². The highest BCUT2D eigenvalue weighted by Gasteiger charge is 2.21. The molecule has 0 aromatic rings. The Kier molecular flexibility index (Phi) is 7.56. The van der Waals surface area contributed by atoms with Crippen LogP contribution < -0.4 is 5.73 Å². The molecule has 17 heavy (non-hydrogen) atoms. The highest BCUT2D eigenvalue weighted by atomic mass is 16.2. The Bertz CT molecular complexity index is 268. The van der Waals surface area contributed by atoms with Crippen LogP contribution in [0.4, 0.5) is 0 Å². The van der Waals surface area contributed by atoms with Gasteiger partial charge in [-0.3, -0.25) is 4.79 Å². The predicted octanol–water partition coefficient (Wildman–Crippen LogP) is 1.76. The van der Waals surface area contributed by atoms with Gasteiger partial charge in [0.25, 0.3) is 0 Å². The van der Waals surface area contributed by atoms with Crippen LogP contribution in [0.15, 0.2) is 0 Å².